The monoisotopic (exact) mass is 392 g/mol. The zero-order valence-electron chi connectivity index (χ0n) is 17.6. The van der Waals surface area contributed by atoms with Crippen LogP contribution in [0.3, 0.4) is 0 Å². The topological polar surface area (TPSA) is 69.8 Å². The lowest BCUT2D eigenvalue weighted by Crippen LogP contribution is -2.46. The first-order chi connectivity index (χ1) is 13.2. The molecule has 0 aromatic carbocycles. The summed E-state index contributed by atoms with van der Waals surface area (Å²) in [6.07, 6.45) is 9.15. The minimum absolute atomic E-state index is 0.0929. The van der Waals surface area contributed by atoms with Crippen LogP contribution in [-0.2, 0) is 28.5 Å². The average Bonchev–Trinajstić information content (AvgIpc) is 3.49. The lowest BCUT2D eigenvalue weighted by molar-refractivity contribution is -0.219. The zero-order chi connectivity index (χ0) is 20.2. The van der Waals surface area contributed by atoms with Gasteiger partial charge in [-0.15, -0.1) is 0 Å². The van der Waals surface area contributed by atoms with E-state index in [2.05, 4.69) is 26.8 Å². The molecule has 3 saturated heterocycles. The molecule has 3 aliphatic heterocycles. The molecule has 1 aliphatic carbocycles. The summed E-state index contributed by atoms with van der Waals surface area (Å²) in [5.41, 5.74) is 0.822. The fourth-order valence-corrected chi connectivity index (χ4v) is 5.13. The van der Waals surface area contributed by atoms with Crippen molar-refractivity contribution in [1.82, 2.24) is 0 Å². The van der Waals surface area contributed by atoms with Gasteiger partial charge >= 0.3 is 5.97 Å². The molecule has 0 N–H and O–H groups in total. The van der Waals surface area contributed by atoms with Gasteiger partial charge in [-0.2, -0.15) is 0 Å². The van der Waals surface area contributed by atoms with Gasteiger partial charge < -0.3 is 23.7 Å². The molecule has 0 bridgehead atoms. The third-order valence-electron chi connectivity index (χ3n) is 7.14. The molecule has 156 valence electrons. The third-order valence-corrected chi connectivity index (χ3v) is 7.14. The van der Waals surface area contributed by atoms with E-state index in [1.165, 1.54) is 12.7 Å². The molecule has 1 unspecified atom stereocenters. The van der Waals surface area contributed by atoms with Gasteiger partial charge in [0.2, 0.25) is 5.79 Å². The maximum atomic E-state index is 12.3. The first-order valence-electron chi connectivity index (χ1n) is 10.3. The van der Waals surface area contributed by atoms with Gasteiger partial charge in [-0.05, 0) is 65.4 Å². The Labute approximate surface area is 167 Å². The lowest BCUT2D eigenvalue weighted by atomic mass is 9.82. The molecule has 0 amide bonds. The molecule has 3 heterocycles. The van der Waals surface area contributed by atoms with E-state index in [9.17, 15) is 4.79 Å². The molecule has 4 rings (SSSR count). The molecule has 28 heavy (non-hydrogen) atoms. The fourth-order valence-electron chi connectivity index (χ4n) is 5.13. The van der Waals surface area contributed by atoms with Crippen molar-refractivity contribution in [2.45, 2.75) is 88.0 Å². The summed E-state index contributed by atoms with van der Waals surface area (Å²) in [6.45, 7) is 6.81. The van der Waals surface area contributed by atoms with Crippen LogP contribution in [0.4, 0.5) is 0 Å². The number of hydrogen-bond acceptors (Lipinski definition) is 6. The molecular weight excluding hydrogens is 360 g/mol. The Hall–Kier alpha value is -1.21. The highest BCUT2D eigenvalue weighted by Crippen LogP contribution is 2.64. The number of hydrogen-bond donors (Lipinski definition) is 0. The van der Waals surface area contributed by atoms with Crippen LogP contribution < -0.4 is 0 Å². The number of allylic oxidation sites excluding steroid dienone is 2. The van der Waals surface area contributed by atoms with Crippen LogP contribution in [0.15, 0.2) is 23.3 Å². The normalized spacial score (nSPS) is 49.2. The standard InChI is InChI=1S/C22H32O6/c1-15-8-9-17-19(2,27-17)11-6-7-16(18(23)24-4)10-12-21-20(3,28-21)14-26-22(21,13-15)25-5/h7,13,17H,6,8-12,14H2,1-5H3/b15-13+,16-7+/t17?,19-,20+,21+,22-/m0/s1. The minimum Gasteiger partial charge on any atom is -0.466 e. The number of carbonyl (C=O) groups excluding carboxylic acids is 1. The Bertz CT molecular complexity index is 729. The highest BCUT2D eigenvalue weighted by Gasteiger charge is 2.82. The number of rotatable bonds is 2. The number of epoxide rings is 2. The quantitative estimate of drug-likeness (QED) is 0.407. The van der Waals surface area contributed by atoms with Crippen molar-refractivity contribution < 1.29 is 28.5 Å². The van der Waals surface area contributed by atoms with Gasteiger partial charge in [-0.1, -0.05) is 11.6 Å². The van der Waals surface area contributed by atoms with Gasteiger partial charge in [0.25, 0.3) is 0 Å². The molecule has 6 nitrogen and oxygen atoms in total. The van der Waals surface area contributed by atoms with E-state index < -0.39 is 17.0 Å². The van der Waals surface area contributed by atoms with Gasteiger partial charge in [-0.3, -0.25) is 0 Å². The molecule has 1 spiro atoms. The molecule has 6 heteroatoms. The lowest BCUT2D eigenvalue weighted by Gasteiger charge is -2.32. The van der Waals surface area contributed by atoms with Crippen LogP contribution in [0, 0.1) is 0 Å². The Morgan fingerprint density at radius 1 is 1.21 bits per heavy atom. The number of esters is 1. The maximum Gasteiger partial charge on any atom is 0.333 e. The van der Waals surface area contributed by atoms with Crippen molar-refractivity contribution in [2.75, 3.05) is 20.8 Å². The van der Waals surface area contributed by atoms with Crippen LogP contribution >= 0.6 is 0 Å². The Morgan fingerprint density at radius 2 is 2.00 bits per heavy atom. The molecule has 0 aromatic heterocycles. The molecule has 4 aliphatic rings. The second-order valence-corrected chi connectivity index (χ2v) is 9.03. The van der Waals surface area contributed by atoms with Crippen molar-refractivity contribution >= 4 is 5.97 Å². The second-order valence-electron chi connectivity index (χ2n) is 9.03. The van der Waals surface area contributed by atoms with E-state index in [-0.39, 0.29) is 17.7 Å². The van der Waals surface area contributed by atoms with Crippen molar-refractivity contribution in [3.05, 3.63) is 23.3 Å². The average molecular weight is 392 g/mol. The van der Waals surface area contributed by atoms with Crippen LogP contribution in [0.5, 0.6) is 0 Å². The number of fused-ring (bicyclic) bond motifs is 1. The summed E-state index contributed by atoms with van der Waals surface area (Å²) in [5, 5.41) is 0. The number of ether oxygens (including phenoxy) is 5. The molecule has 0 saturated carbocycles. The molecule has 0 aromatic rings. The Balaban J connectivity index is 1.66. The first kappa shape index (κ1) is 20.1. The number of methoxy groups -OCH3 is 2. The van der Waals surface area contributed by atoms with Crippen LogP contribution in [0.25, 0.3) is 0 Å². The van der Waals surface area contributed by atoms with Crippen LogP contribution in [0.1, 0.15) is 59.3 Å². The number of carbonyl (C=O) groups is 1. The highest BCUT2D eigenvalue weighted by atomic mass is 16.8. The molecule has 5 atom stereocenters. The second kappa shape index (κ2) is 6.66. The maximum absolute atomic E-state index is 12.3. The van der Waals surface area contributed by atoms with E-state index in [0.29, 0.717) is 25.0 Å². The Kier molecular flexibility index (Phi) is 4.77. The van der Waals surface area contributed by atoms with Crippen LogP contribution in [0.2, 0.25) is 0 Å². The van der Waals surface area contributed by atoms with Crippen LogP contribution in [-0.4, -0.2) is 55.5 Å². The van der Waals surface area contributed by atoms with Crippen molar-refractivity contribution in [2.24, 2.45) is 0 Å². The van der Waals surface area contributed by atoms with Crippen molar-refractivity contribution in [3.63, 3.8) is 0 Å². The molecule has 3 fully saturated rings. The summed E-state index contributed by atoms with van der Waals surface area (Å²) in [5.74, 6) is -1.21. The predicted molar refractivity (Wildman–Crippen MR) is 103 cm³/mol. The molecular formula is C22H32O6. The van der Waals surface area contributed by atoms with E-state index in [4.69, 9.17) is 23.7 Å². The predicted octanol–water partition coefficient (Wildman–Crippen LogP) is 3.44. The fraction of sp³-hybridized carbons (Fsp3) is 0.773. The summed E-state index contributed by atoms with van der Waals surface area (Å²) in [4.78, 5) is 12.3. The van der Waals surface area contributed by atoms with Gasteiger partial charge in [-0.25, -0.2) is 4.79 Å². The summed E-state index contributed by atoms with van der Waals surface area (Å²) >= 11 is 0. The minimum atomic E-state index is -0.926. The molecule has 0 radical (unpaired) electrons. The van der Waals surface area contributed by atoms with Crippen molar-refractivity contribution in [1.29, 1.82) is 0 Å². The summed E-state index contributed by atoms with van der Waals surface area (Å²) in [6, 6.07) is 0. The van der Waals surface area contributed by atoms with Gasteiger partial charge in [0.1, 0.15) is 5.60 Å². The third kappa shape index (κ3) is 2.96. The van der Waals surface area contributed by atoms with E-state index in [1.54, 1.807) is 7.11 Å². The summed E-state index contributed by atoms with van der Waals surface area (Å²) in [7, 11) is 3.09. The smallest absolute Gasteiger partial charge is 0.333 e. The summed E-state index contributed by atoms with van der Waals surface area (Å²) < 4.78 is 29.3. The Morgan fingerprint density at radius 3 is 2.68 bits per heavy atom. The van der Waals surface area contributed by atoms with Crippen molar-refractivity contribution in [3.8, 4) is 0 Å². The van der Waals surface area contributed by atoms with Gasteiger partial charge in [0, 0.05) is 12.7 Å². The first-order valence-corrected chi connectivity index (χ1v) is 10.3. The zero-order valence-corrected chi connectivity index (χ0v) is 17.6. The highest BCUT2D eigenvalue weighted by molar-refractivity contribution is 5.88. The van der Waals surface area contributed by atoms with Gasteiger partial charge in [0.05, 0.1) is 25.4 Å². The van der Waals surface area contributed by atoms with E-state index >= 15 is 0 Å². The largest absolute Gasteiger partial charge is 0.466 e. The SMILES string of the molecule is COC(=O)/C1=C/CC[C@]2(C)OC2CC/C(C)=C/[C@]2(OC)OC[C@@]3(C)O[C@@]23CC1. The van der Waals surface area contributed by atoms with E-state index in [1.807, 2.05) is 6.08 Å². The van der Waals surface area contributed by atoms with Gasteiger partial charge in [0.15, 0.2) is 5.60 Å². The van der Waals surface area contributed by atoms with E-state index in [0.717, 1.165) is 25.7 Å².